The van der Waals surface area contributed by atoms with E-state index >= 15 is 0 Å². The minimum absolute atomic E-state index is 0.211. The standard InChI is InChI=1S/C22H23N3O4S/c1-14-10-20(17-11-16(27-2)8-9-18(17)24-14)30-13-21(26)25-23-12-15-6-5-7-19(28-3)22(15)29-4/h5-12H,13H2,1-4H3,(H,25,26)/b23-12-. The van der Waals surface area contributed by atoms with Gasteiger partial charge in [-0.3, -0.25) is 9.78 Å². The third-order valence-corrected chi connectivity index (χ3v) is 5.35. The van der Waals surface area contributed by atoms with Crippen LogP contribution in [-0.4, -0.2) is 44.2 Å². The van der Waals surface area contributed by atoms with Crippen molar-refractivity contribution >= 4 is 34.8 Å². The molecule has 0 aliphatic heterocycles. The van der Waals surface area contributed by atoms with Gasteiger partial charge in [0, 0.05) is 21.5 Å². The molecule has 1 heterocycles. The van der Waals surface area contributed by atoms with E-state index in [1.54, 1.807) is 27.4 Å². The maximum Gasteiger partial charge on any atom is 0.250 e. The lowest BCUT2D eigenvalue weighted by Crippen LogP contribution is -2.19. The van der Waals surface area contributed by atoms with Gasteiger partial charge in [0.05, 0.1) is 38.8 Å². The number of thioether (sulfide) groups is 1. The van der Waals surface area contributed by atoms with Gasteiger partial charge >= 0.3 is 0 Å². The van der Waals surface area contributed by atoms with Crippen molar-refractivity contribution in [2.45, 2.75) is 11.8 Å². The second kappa shape index (κ2) is 9.98. The van der Waals surface area contributed by atoms with E-state index in [-0.39, 0.29) is 11.7 Å². The Bertz CT molecular complexity index is 1090. The number of hydrogen-bond acceptors (Lipinski definition) is 7. The topological polar surface area (TPSA) is 82.0 Å². The second-order valence-corrected chi connectivity index (χ2v) is 7.33. The predicted molar refractivity (Wildman–Crippen MR) is 119 cm³/mol. The molecule has 8 heteroatoms. The average molecular weight is 426 g/mol. The lowest BCUT2D eigenvalue weighted by atomic mass is 10.2. The number of nitrogens with zero attached hydrogens (tertiary/aromatic N) is 2. The van der Waals surface area contributed by atoms with E-state index in [9.17, 15) is 4.79 Å². The number of benzene rings is 2. The summed E-state index contributed by atoms with van der Waals surface area (Å²) >= 11 is 1.43. The fraction of sp³-hybridized carbons (Fsp3) is 0.227. The van der Waals surface area contributed by atoms with Crippen LogP contribution in [0.2, 0.25) is 0 Å². The molecule has 30 heavy (non-hydrogen) atoms. The minimum Gasteiger partial charge on any atom is -0.497 e. The number of hydrogen-bond donors (Lipinski definition) is 1. The van der Waals surface area contributed by atoms with Gasteiger partial charge < -0.3 is 14.2 Å². The number of carbonyl (C=O) groups excluding carboxylic acids is 1. The first-order valence-electron chi connectivity index (χ1n) is 9.16. The summed E-state index contributed by atoms with van der Waals surface area (Å²) in [6.07, 6.45) is 1.53. The Morgan fingerprint density at radius 1 is 1.13 bits per heavy atom. The molecule has 0 fully saturated rings. The van der Waals surface area contributed by atoms with E-state index in [1.807, 2.05) is 43.3 Å². The maximum absolute atomic E-state index is 12.3. The normalized spacial score (nSPS) is 10.9. The van der Waals surface area contributed by atoms with E-state index < -0.39 is 0 Å². The third-order valence-electron chi connectivity index (χ3n) is 4.29. The first-order chi connectivity index (χ1) is 14.5. The van der Waals surface area contributed by atoms with Gasteiger partial charge in [-0.1, -0.05) is 6.07 Å². The van der Waals surface area contributed by atoms with E-state index in [4.69, 9.17) is 14.2 Å². The highest BCUT2D eigenvalue weighted by atomic mass is 32.2. The van der Waals surface area contributed by atoms with Crippen LogP contribution in [0.4, 0.5) is 0 Å². The Balaban J connectivity index is 1.68. The molecule has 1 aromatic heterocycles. The third kappa shape index (κ3) is 5.01. The quantitative estimate of drug-likeness (QED) is 0.336. The molecular weight excluding hydrogens is 402 g/mol. The van der Waals surface area contributed by atoms with Crippen molar-refractivity contribution in [3.8, 4) is 17.2 Å². The molecule has 0 aliphatic rings. The number of fused-ring (bicyclic) bond motifs is 1. The summed E-state index contributed by atoms with van der Waals surface area (Å²) in [7, 11) is 4.75. The van der Waals surface area contributed by atoms with Gasteiger partial charge in [0.25, 0.3) is 0 Å². The number of rotatable bonds is 8. The SMILES string of the molecule is COc1ccc2nc(C)cc(SCC(=O)N/N=C\c3cccc(OC)c3OC)c2c1. The molecule has 3 rings (SSSR count). The van der Waals surface area contributed by atoms with E-state index in [2.05, 4.69) is 15.5 Å². The number of amides is 1. The lowest BCUT2D eigenvalue weighted by Gasteiger charge is -2.10. The van der Waals surface area contributed by atoms with Crippen LogP contribution in [0.5, 0.6) is 17.2 Å². The molecule has 0 unspecified atom stereocenters. The summed E-state index contributed by atoms with van der Waals surface area (Å²) in [5.41, 5.74) is 5.00. The second-order valence-electron chi connectivity index (χ2n) is 6.31. The Morgan fingerprint density at radius 2 is 1.97 bits per heavy atom. The monoisotopic (exact) mass is 425 g/mol. The predicted octanol–water partition coefficient (Wildman–Crippen LogP) is 3.81. The Morgan fingerprint density at radius 3 is 2.70 bits per heavy atom. The highest BCUT2D eigenvalue weighted by molar-refractivity contribution is 8.00. The van der Waals surface area contributed by atoms with Gasteiger partial charge in [-0.15, -0.1) is 11.8 Å². The molecule has 7 nitrogen and oxygen atoms in total. The number of methoxy groups -OCH3 is 3. The molecule has 156 valence electrons. The summed E-state index contributed by atoms with van der Waals surface area (Å²) in [6, 6.07) is 13.1. The van der Waals surface area contributed by atoms with Crippen LogP contribution in [0, 0.1) is 6.92 Å². The van der Waals surface area contributed by atoms with E-state index in [0.29, 0.717) is 17.1 Å². The highest BCUT2D eigenvalue weighted by Gasteiger charge is 2.10. The van der Waals surface area contributed by atoms with Crippen molar-refractivity contribution in [1.82, 2.24) is 10.4 Å². The summed E-state index contributed by atoms with van der Waals surface area (Å²) < 4.78 is 15.9. The van der Waals surface area contributed by atoms with Crippen molar-refractivity contribution in [1.29, 1.82) is 0 Å². The van der Waals surface area contributed by atoms with E-state index in [0.717, 1.165) is 27.2 Å². The van der Waals surface area contributed by atoms with Gasteiger partial charge in [-0.25, -0.2) is 5.43 Å². The first kappa shape index (κ1) is 21.4. The Hall–Kier alpha value is -3.26. The summed E-state index contributed by atoms with van der Waals surface area (Å²) in [6.45, 7) is 1.93. The van der Waals surface area contributed by atoms with Crippen molar-refractivity contribution in [3.63, 3.8) is 0 Å². The van der Waals surface area contributed by atoms with Crippen LogP contribution in [0.3, 0.4) is 0 Å². The summed E-state index contributed by atoms with van der Waals surface area (Å²) in [5, 5.41) is 4.99. The Labute approximate surface area is 179 Å². The van der Waals surface area contributed by atoms with Crippen molar-refractivity contribution < 1.29 is 19.0 Å². The average Bonchev–Trinajstić information content (AvgIpc) is 2.76. The number of pyridine rings is 1. The van der Waals surface area contributed by atoms with Crippen LogP contribution in [0.1, 0.15) is 11.3 Å². The molecule has 0 atom stereocenters. The molecule has 3 aromatic rings. The van der Waals surface area contributed by atoms with Gasteiger partial charge in [-0.05, 0) is 43.3 Å². The number of para-hydroxylation sites is 1. The number of hydrazone groups is 1. The van der Waals surface area contributed by atoms with Crippen molar-refractivity contribution in [2.75, 3.05) is 27.1 Å². The maximum atomic E-state index is 12.3. The molecule has 0 saturated heterocycles. The van der Waals surface area contributed by atoms with Crippen LogP contribution >= 0.6 is 11.8 Å². The van der Waals surface area contributed by atoms with Gasteiger partial charge in [-0.2, -0.15) is 5.10 Å². The molecule has 1 N–H and O–H groups in total. The smallest absolute Gasteiger partial charge is 0.250 e. The molecule has 0 spiro atoms. The molecule has 0 radical (unpaired) electrons. The number of carbonyl (C=O) groups is 1. The van der Waals surface area contributed by atoms with Crippen LogP contribution in [-0.2, 0) is 4.79 Å². The molecule has 0 aliphatic carbocycles. The summed E-state index contributed by atoms with van der Waals surface area (Å²) in [4.78, 5) is 17.8. The molecular formula is C22H23N3O4S. The van der Waals surface area contributed by atoms with Crippen molar-refractivity contribution in [3.05, 3.63) is 53.7 Å². The van der Waals surface area contributed by atoms with Gasteiger partial charge in [0.15, 0.2) is 11.5 Å². The lowest BCUT2D eigenvalue weighted by molar-refractivity contribution is -0.118. The van der Waals surface area contributed by atoms with Gasteiger partial charge in [0.2, 0.25) is 5.91 Å². The molecule has 1 amide bonds. The fourth-order valence-electron chi connectivity index (χ4n) is 2.91. The zero-order valence-corrected chi connectivity index (χ0v) is 18.1. The zero-order valence-electron chi connectivity index (χ0n) is 17.3. The minimum atomic E-state index is -0.219. The molecule has 2 aromatic carbocycles. The van der Waals surface area contributed by atoms with E-state index in [1.165, 1.54) is 18.0 Å². The molecule has 0 saturated carbocycles. The summed E-state index contributed by atoms with van der Waals surface area (Å²) in [5.74, 6) is 1.89. The first-order valence-corrected chi connectivity index (χ1v) is 10.2. The van der Waals surface area contributed by atoms with Crippen LogP contribution < -0.4 is 19.6 Å². The fourth-order valence-corrected chi connectivity index (χ4v) is 3.83. The van der Waals surface area contributed by atoms with Gasteiger partial charge in [0.1, 0.15) is 5.75 Å². The number of aryl methyl sites for hydroxylation is 1. The Kier molecular flexibility index (Phi) is 7.13. The molecule has 0 bridgehead atoms. The highest BCUT2D eigenvalue weighted by Crippen LogP contribution is 2.31. The number of aromatic nitrogens is 1. The zero-order chi connectivity index (χ0) is 21.5. The van der Waals surface area contributed by atoms with Crippen molar-refractivity contribution in [2.24, 2.45) is 5.10 Å². The largest absolute Gasteiger partial charge is 0.497 e. The number of ether oxygens (including phenoxy) is 3. The van der Waals surface area contributed by atoms with Crippen LogP contribution in [0.25, 0.3) is 10.9 Å². The van der Waals surface area contributed by atoms with Crippen LogP contribution in [0.15, 0.2) is 52.5 Å². The number of nitrogens with one attached hydrogen (secondary N) is 1.